The number of nitrogens with one attached hydrogen (secondary N) is 1. The van der Waals surface area contributed by atoms with Crippen molar-refractivity contribution in [1.29, 1.82) is 5.26 Å². The van der Waals surface area contributed by atoms with Crippen LogP contribution in [0.4, 0.5) is 10.2 Å². The Morgan fingerprint density at radius 3 is 2.54 bits per heavy atom. The fourth-order valence-corrected chi connectivity index (χ4v) is 4.08. The van der Waals surface area contributed by atoms with Crippen LogP contribution in [0.1, 0.15) is 65.0 Å². The SMILES string of the molecule is C\C=C(/C(C)=C\C(C(\CC)=N/O)=C(/C)CC)c1cc2cnc(NC(=O)C3CC3F)cc2cc1C#N. The molecule has 0 aliphatic heterocycles. The molecule has 1 aliphatic carbocycles. The Labute approximate surface area is 205 Å². The number of fused-ring (bicyclic) bond motifs is 1. The van der Waals surface area contributed by atoms with Gasteiger partial charge >= 0.3 is 0 Å². The first kappa shape index (κ1) is 25.8. The van der Waals surface area contributed by atoms with Gasteiger partial charge in [0.05, 0.1) is 23.3 Å². The van der Waals surface area contributed by atoms with E-state index in [4.69, 9.17) is 0 Å². The number of allylic oxidation sites excluding steroid dienone is 6. The number of nitriles is 1. The number of anilines is 1. The van der Waals surface area contributed by atoms with Gasteiger partial charge in [-0.15, -0.1) is 0 Å². The number of carbonyl (C=O) groups is 1. The Balaban J connectivity index is 2.03. The standard InChI is InChI=1S/C28H31FN4O2/c1-6-16(4)22(26(8-3)33-35)9-17(5)21(7-2)23-11-20-15-31-27(12-18(20)10-19(23)14-30)32-28(34)24-13-25(24)29/h7,9-12,15,24-25,35H,6,8,13H2,1-5H3,(H,31,32,34)/b17-9-,21-7+,22-16-,33-26-. The Bertz CT molecular complexity index is 1310. The molecule has 1 aromatic carbocycles. The summed E-state index contributed by atoms with van der Waals surface area (Å²) in [5.74, 6) is -0.640. The highest BCUT2D eigenvalue weighted by molar-refractivity contribution is 6.04. The molecule has 3 rings (SSSR count). The number of aromatic nitrogens is 1. The fraction of sp³-hybridized carbons (Fsp3) is 0.357. The molecule has 2 atom stereocenters. The maximum absolute atomic E-state index is 13.2. The average Bonchev–Trinajstić information content (AvgIpc) is 3.60. The zero-order chi connectivity index (χ0) is 25.7. The van der Waals surface area contributed by atoms with Crippen LogP contribution in [0.15, 0.2) is 58.4 Å². The zero-order valence-corrected chi connectivity index (χ0v) is 20.8. The van der Waals surface area contributed by atoms with Crippen LogP contribution in [0.2, 0.25) is 0 Å². The Kier molecular flexibility index (Phi) is 8.18. The second-order valence-corrected chi connectivity index (χ2v) is 8.75. The normalized spacial score (nSPS) is 19.3. The van der Waals surface area contributed by atoms with Crippen LogP contribution in [-0.2, 0) is 4.79 Å². The number of benzene rings is 1. The van der Waals surface area contributed by atoms with Gasteiger partial charge in [-0.2, -0.15) is 5.26 Å². The van der Waals surface area contributed by atoms with E-state index in [0.29, 0.717) is 23.5 Å². The van der Waals surface area contributed by atoms with Crippen LogP contribution >= 0.6 is 0 Å². The second kappa shape index (κ2) is 11.1. The van der Waals surface area contributed by atoms with E-state index in [1.807, 2.05) is 45.9 Å². The van der Waals surface area contributed by atoms with Crippen molar-refractivity contribution < 1.29 is 14.4 Å². The third-order valence-corrected chi connectivity index (χ3v) is 6.40. The zero-order valence-electron chi connectivity index (χ0n) is 20.8. The van der Waals surface area contributed by atoms with Gasteiger partial charge in [-0.05, 0) is 86.4 Å². The number of halogens is 1. The van der Waals surface area contributed by atoms with Crippen LogP contribution in [-0.4, -0.2) is 28.0 Å². The van der Waals surface area contributed by atoms with Gasteiger partial charge in [0.25, 0.3) is 0 Å². The summed E-state index contributed by atoms with van der Waals surface area (Å²) >= 11 is 0. The topological polar surface area (TPSA) is 98.4 Å². The van der Waals surface area contributed by atoms with Crippen LogP contribution in [0.5, 0.6) is 0 Å². The van der Waals surface area contributed by atoms with Crippen molar-refractivity contribution in [3.05, 3.63) is 64.4 Å². The molecule has 1 heterocycles. The lowest BCUT2D eigenvalue weighted by atomic mass is 9.90. The molecule has 2 N–H and O–H groups in total. The number of oxime groups is 1. The predicted molar refractivity (Wildman–Crippen MR) is 138 cm³/mol. The number of rotatable bonds is 8. The van der Waals surface area contributed by atoms with E-state index in [1.165, 1.54) is 0 Å². The smallest absolute Gasteiger partial charge is 0.231 e. The molecule has 1 aliphatic rings. The molecule has 35 heavy (non-hydrogen) atoms. The van der Waals surface area contributed by atoms with Crippen molar-refractivity contribution in [2.45, 2.75) is 60.1 Å². The summed E-state index contributed by atoms with van der Waals surface area (Å²) in [5.41, 5.74) is 5.68. The van der Waals surface area contributed by atoms with Crippen molar-refractivity contribution >= 4 is 33.8 Å². The van der Waals surface area contributed by atoms with Crippen molar-refractivity contribution in [2.75, 3.05) is 5.32 Å². The maximum Gasteiger partial charge on any atom is 0.231 e. The van der Waals surface area contributed by atoms with Gasteiger partial charge < -0.3 is 10.5 Å². The molecule has 2 unspecified atom stereocenters. The molecule has 0 spiro atoms. The molecule has 6 nitrogen and oxygen atoms in total. The molecule has 182 valence electrons. The first-order valence-corrected chi connectivity index (χ1v) is 11.8. The molecular weight excluding hydrogens is 443 g/mol. The maximum atomic E-state index is 13.2. The summed E-state index contributed by atoms with van der Waals surface area (Å²) in [6.07, 6.45) is 6.19. The van der Waals surface area contributed by atoms with Crippen LogP contribution in [0.25, 0.3) is 16.3 Å². The number of pyridine rings is 1. The van der Waals surface area contributed by atoms with E-state index in [2.05, 4.69) is 28.4 Å². The largest absolute Gasteiger partial charge is 0.411 e. The number of carbonyl (C=O) groups excluding carboxylic acids is 1. The summed E-state index contributed by atoms with van der Waals surface area (Å²) in [4.78, 5) is 16.4. The van der Waals surface area contributed by atoms with Crippen molar-refractivity contribution in [1.82, 2.24) is 4.98 Å². The Hall–Kier alpha value is -3.79. The fourth-order valence-electron chi connectivity index (χ4n) is 4.08. The van der Waals surface area contributed by atoms with Gasteiger partial charge in [0.1, 0.15) is 12.0 Å². The average molecular weight is 475 g/mol. The first-order chi connectivity index (χ1) is 16.8. The number of alkyl halides is 1. The van der Waals surface area contributed by atoms with E-state index in [9.17, 15) is 19.7 Å². The van der Waals surface area contributed by atoms with Gasteiger partial charge in [-0.25, -0.2) is 9.37 Å². The lowest BCUT2D eigenvalue weighted by Gasteiger charge is -2.15. The highest BCUT2D eigenvalue weighted by atomic mass is 19.1. The molecule has 0 bridgehead atoms. The van der Waals surface area contributed by atoms with Gasteiger partial charge in [0.15, 0.2) is 0 Å². The minimum absolute atomic E-state index is 0.249. The van der Waals surface area contributed by atoms with E-state index < -0.39 is 12.1 Å². The van der Waals surface area contributed by atoms with Crippen LogP contribution in [0.3, 0.4) is 0 Å². The molecule has 1 saturated carbocycles. The second-order valence-electron chi connectivity index (χ2n) is 8.75. The van der Waals surface area contributed by atoms with Crippen molar-refractivity contribution in [3.8, 4) is 6.07 Å². The highest BCUT2D eigenvalue weighted by Gasteiger charge is 2.43. The Morgan fingerprint density at radius 2 is 2.00 bits per heavy atom. The third kappa shape index (κ3) is 5.65. The van der Waals surface area contributed by atoms with Crippen molar-refractivity contribution in [2.24, 2.45) is 11.1 Å². The van der Waals surface area contributed by atoms with E-state index >= 15 is 0 Å². The highest BCUT2D eigenvalue weighted by Crippen LogP contribution is 2.35. The third-order valence-electron chi connectivity index (χ3n) is 6.40. The molecule has 1 fully saturated rings. The number of hydrogen-bond donors (Lipinski definition) is 2. The number of amides is 1. The predicted octanol–water partition coefficient (Wildman–Crippen LogP) is 6.72. The van der Waals surface area contributed by atoms with Crippen LogP contribution < -0.4 is 5.32 Å². The minimum atomic E-state index is -1.08. The lowest BCUT2D eigenvalue weighted by molar-refractivity contribution is -0.117. The van der Waals surface area contributed by atoms with E-state index in [1.54, 1.807) is 18.3 Å². The summed E-state index contributed by atoms with van der Waals surface area (Å²) in [5, 5.41) is 27.1. The lowest BCUT2D eigenvalue weighted by Crippen LogP contribution is -2.15. The summed E-state index contributed by atoms with van der Waals surface area (Å²) in [7, 11) is 0. The van der Waals surface area contributed by atoms with E-state index in [-0.39, 0.29) is 12.3 Å². The van der Waals surface area contributed by atoms with Gasteiger partial charge in [-0.1, -0.05) is 30.7 Å². The molecule has 0 saturated heterocycles. The minimum Gasteiger partial charge on any atom is -0.411 e. The molecule has 1 aromatic heterocycles. The monoisotopic (exact) mass is 474 g/mol. The molecular formula is C28H31FN4O2. The van der Waals surface area contributed by atoms with Crippen molar-refractivity contribution in [3.63, 3.8) is 0 Å². The molecule has 2 aromatic rings. The summed E-state index contributed by atoms with van der Waals surface area (Å²) in [6, 6.07) is 7.66. The number of nitrogens with zero attached hydrogens (tertiary/aromatic N) is 3. The first-order valence-electron chi connectivity index (χ1n) is 11.8. The number of hydrogen-bond acceptors (Lipinski definition) is 5. The summed E-state index contributed by atoms with van der Waals surface area (Å²) in [6.45, 7) is 9.91. The molecule has 0 radical (unpaired) electrons. The quantitative estimate of drug-likeness (QED) is 0.192. The Morgan fingerprint density at radius 1 is 1.29 bits per heavy atom. The van der Waals surface area contributed by atoms with Gasteiger partial charge in [0.2, 0.25) is 5.91 Å². The van der Waals surface area contributed by atoms with Gasteiger partial charge in [0, 0.05) is 17.1 Å². The van der Waals surface area contributed by atoms with Gasteiger partial charge in [-0.3, -0.25) is 4.79 Å². The molecule has 7 heteroatoms. The summed E-state index contributed by atoms with van der Waals surface area (Å²) < 4.78 is 13.2. The van der Waals surface area contributed by atoms with Crippen LogP contribution in [0, 0.1) is 17.2 Å². The van der Waals surface area contributed by atoms with E-state index in [0.717, 1.165) is 45.0 Å². The molecule has 1 amide bonds.